The summed E-state index contributed by atoms with van der Waals surface area (Å²) in [5, 5.41) is 24.1. The molecule has 0 radical (unpaired) electrons. The molecule has 12 heteroatoms. The van der Waals surface area contributed by atoms with Gasteiger partial charge in [0.05, 0.1) is 11.3 Å². The van der Waals surface area contributed by atoms with Crippen molar-refractivity contribution in [2.24, 2.45) is 5.41 Å². The van der Waals surface area contributed by atoms with Crippen LogP contribution in [0.1, 0.15) is 36.5 Å². The Kier molecular flexibility index (Phi) is 8.22. The summed E-state index contributed by atoms with van der Waals surface area (Å²) in [6.45, 7) is 3.34. The van der Waals surface area contributed by atoms with E-state index < -0.39 is 28.3 Å². The molecule has 1 aromatic heterocycles. The Bertz CT molecular complexity index is 1570. The molecule has 0 aliphatic carbocycles. The predicted molar refractivity (Wildman–Crippen MR) is 146 cm³/mol. The first-order chi connectivity index (χ1) is 18.7. The van der Waals surface area contributed by atoms with Crippen molar-refractivity contribution < 1.29 is 23.1 Å². The Labute approximate surface area is 238 Å². The maximum absolute atomic E-state index is 13.4. The Morgan fingerprint density at radius 1 is 1.12 bits per heavy atom. The minimum absolute atomic E-state index is 0.00646. The minimum Gasteiger partial charge on any atom is -0.507 e. The molecule has 0 bridgehead atoms. The first-order valence-corrected chi connectivity index (χ1v) is 13.0. The molecule has 1 fully saturated rings. The molecule has 210 valence electrons. The number of phenols is 1. The summed E-state index contributed by atoms with van der Waals surface area (Å²) in [7, 11) is 1.62. The summed E-state index contributed by atoms with van der Waals surface area (Å²) < 4.78 is 40.2. The van der Waals surface area contributed by atoms with E-state index in [2.05, 4.69) is 10.3 Å². The second-order valence-electron chi connectivity index (χ2n) is 10.0. The summed E-state index contributed by atoms with van der Waals surface area (Å²) in [5.74, 6) is -0.385. The third kappa shape index (κ3) is 5.82. The fraction of sp³-hybridized carbons (Fsp3) is 0.321. The number of halogens is 5. The maximum Gasteiger partial charge on any atom is 0.416 e. The molecule has 0 spiro atoms. The lowest BCUT2D eigenvalue weighted by Crippen LogP contribution is -2.46. The standard InChI is InChI=1S/C28H25Cl2F3N4O3/c1-27(5-7-35-8-6-27)26(40)37(2)14-15-9-17(29)11-20(24(15)38)23-12-18(21(13-34)25(39)36-23)19-10-16(28(31,32)33)3-4-22(19)30/h3-4,9-12,35,38H,5-8,14H2,1-2H3,(H,36,39). The molecule has 3 aromatic rings. The Balaban J connectivity index is 1.80. The molecular weight excluding hydrogens is 568 g/mol. The van der Waals surface area contributed by atoms with Gasteiger partial charge in [-0.15, -0.1) is 0 Å². The predicted octanol–water partition coefficient (Wildman–Crippen LogP) is 5.96. The number of rotatable bonds is 5. The van der Waals surface area contributed by atoms with Gasteiger partial charge in [-0.3, -0.25) is 9.59 Å². The highest BCUT2D eigenvalue weighted by molar-refractivity contribution is 6.33. The van der Waals surface area contributed by atoms with Crippen molar-refractivity contribution in [3.8, 4) is 34.2 Å². The van der Waals surface area contributed by atoms with Gasteiger partial charge < -0.3 is 20.3 Å². The summed E-state index contributed by atoms with van der Waals surface area (Å²) in [4.78, 5) is 30.1. The smallest absolute Gasteiger partial charge is 0.416 e. The third-order valence-electron chi connectivity index (χ3n) is 7.15. The van der Waals surface area contributed by atoms with Gasteiger partial charge in [0.15, 0.2) is 0 Å². The third-order valence-corrected chi connectivity index (χ3v) is 7.70. The molecule has 2 aromatic carbocycles. The SMILES string of the molecule is CN(Cc1cc(Cl)cc(-c2cc(-c3cc(C(F)(F)F)ccc3Cl)c(C#N)c(=O)[nH]2)c1O)C(=O)C1(C)CCNCC1. The number of phenolic OH excluding ortho intramolecular Hbond substituents is 1. The van der Waals surface area contributed by atoms with E-state index in [1.165, 1.54) is 23.1 Å². The number of nitrogens with one attached hydrogen (secondary N) is 2. The van der Waals surface area contributed by atoms with Crippen LogP contribution in [-0.2, 0) is 17.5 Å². The molecule has 1 amide bonds. The Morgan fingerprint density at radius 2 is 1.80 bits per heavy atom. The summed E-state index contributed by atoms with van der Waals surface area (Å²) >= 11 is 12.6. The van der Waals surface area contributed by atoms with Crippen LogP contribution in [0.3, 0.4) is 0 Å². The molecule has 0 unspecified atom stereocenters. The summed E-state index contributed by atoms with van der Waals surface area (Å²) in [6.07, 6.45) is -3.36. The van der Waals surface area contributed by atoms with E-state index in [4.69, 9.17) is 23.2 Å². The fourth-order valence-corrected chi connectivity index (χ4v) is 5.36. The molecule has 0 saturated carbocycles. The highest BCUT2D eigenvalue weighted by Gasteiger charge is 2.37. The molecule has 1 aliphatic heterocycles. The summed E-state index contributed by atoms with van der Waals surface area (Å²) in [5.41, 5.74) is -2.90. The number of H-pyrrole nitrogens is 1. The minimum atomic E-state index is -4.69. The number of carbonyl (C=O) groups excluding carboxylic acids is 1. The number of aromatic nitrogens is 1. The summed E-state index contributed by atoms with van der Waals surface area (Å²) in [6, 6.07) is 8.42. The lowest BCUT2D eigenvalue weighted by atomic mass is 9.79. The largest absolute Gasteiger partial charge is 0.507 e. The highest BCUT2D eigenvalue weighted by atomic mass is 35.5. The van der Waals surface area contributed by atoms with Crippen LogP contribution in [0, 0.1) is 16.7 Å². The molecule has 3 N–H and O–H groups in total. The Hall–Kier alpha value is -3.52. The molecule has 1 aliphatic rings. The number of aromatic hydroxyl groups is 1. The van der Waals surface area contributed by atoms with Gasteiger partial charge in [0.1, 0.15) is 17.4 Å². The number of hydrogen-bond acceptors (Lipinski definition) is 5. The van der Waals surface area contributed by atoms with Gasteiger partial charge in [0.25, 0.3) is 5.56 Å². The quantitative estimate of drug-likeness (QED) is 0.338. The van der Waals surface area contributed by atoms with E-state index in [-0.39, 0.29) is 50.6 Å². The van der Waals surface area contributed by atoms with E-state index in [9.17, 15) is 33.1 Å². The average Bonchev–Trinajstić information content (AvgIpc) is 2.89. The van der Waals surface area contributed by atoms with Crippen LogP contribution < -0.4 is 10.9 Å². The van der Waals surface area contributed by atoms with Crippen molar-refractivity contribution in [1.29, 1.82) is 5.26 Å². The van der Waals surface area contributed by atoms with E-state index in [0.29, 0.717) is 31.5 Å². The van der Waals surface area contributed by atoms with E-state index >= 15 is 0 Å². The van der Waals surface area contributed by atoms with Gasteiger partial charge in [0, 0.05) is 51.3 Å². The number of benzene rings is 2. The Morgan fingerprint density at radius 3 is 2.42 bits per heavy atom. The van der Waals surface area contributed by atoms with Crippen molar-refractivity contribution in [1.82, 2.24) is 15.2 Å². The number of amides is 1. The fourth-order valence-electron chi connectivity index (χ4n) is 4.90. The number of alkyl halides is 3. The number of nitriles is 1. The zero-order chi connectivity index (χ0) is 29.4. The molecule has 2 heterocycles. The number of hydrogen-bond donors (Lipinski definition) is 3. The van der Waals surface area contributed by atoms with Crippen LogP contribution in [0.25, 0.3) is 22.4 Å². The van der Waals surface area contributed by atoms with Gasteiger partial charge >= 0.3 is 6.18 Å². The van der Waals surface area contributed by atoms with Gasteiger partial charge in [-0.25, -0.2) is 0 Å². The van der Waals surface area contributed by atoms with Crippen molar-refractivity contribution in [3.05, 3.63) is 73.5 Å². The van der Waals surface area contributed by atoms with E-state index in [1.807, 2.05) is 6.92 Å². The van der Waals surface area contributed by atoms with E-state index in [0.717, 1.165) is 18.2 Å². The van der Waals surface area contributed by atoms with Crippen LogP contribution in [-0.4, -0.2) is 41.0 Å². The first-order valence-electron chi connectivity index (χ1n) is 12.3. The molecule has 40 heavy (non-hydrogen) atoms. The zero-order valence-corrected chi connectivity index (χ0v) is 23.1. The first kappa shape index (κ1) is 29.5. The molecule has 4 rings (SSSR count). The second kappa shape index (κ2) is 11.2. The maximum atomic E-state index is 13.4. The highest BCUT2D eigenvalue weighted by Crippen LogP contribution is 2.40. The monoisotopic (exact) mass is 592 g/mol. The van der Waals surface area contributed by atoms with Gasteiger partial charge in [-0.05, 0) is 62.3 Å². The van der Waals surface area contributed by atoms with Crippen LogP contribution in [0.4, 0.5) is 13.2 Å². The topological polar surface area (TPSA) is 109 Å². The number of carbonyl (C=O) groups is 1. The normalized spacial score (nSPS) is 14.9. The van der Waals surface area contributed by atoms with Gasteiger partial charge in [0.2, 0.25) is 5.91 Å². The van der Waals surface area contributed by atoms with Gasteiger partial charge in [-0.2, -0.15) is 18.4 Å². The van der Waals surface area contributed by atoms with Crippen LogP contribution in [0.2, 0.25) is 10.0 Å². The van der Waals surface area contributed by atoms with Crippen molar-refractivity contribution in [2.75, 3.05) is 20.1 Å². The number of aromatic amines is 1. The van der Waals surface area contributed by atoms with Crippen molar-refractivity contribution in [3.63, 3.8) is 0 Å². The number of pyridine rings is 1. The zero-order valence-electron chi connectivity index (χ0n) is 21.5. The molecule has 0 atom stereocenters. The molecular formula is C28H25Cl2F3N4O3. The van der Waals surface area contributed by atoms with Crippen LogP contribution in [0.5, 0.6) is 5.75 Å². The van der Waals surface area contributed by atoms with Crippen LogP contribution in [0.15, 0.2) is 41.2 Å². The van der Waals surface area contributed by atoms with Crippen molar-refractivity contribution >= 4 is 29.1 Å². The second-order valence-corrected chi connectivity index (χ2v) is 10.9. The lowest BCUT2D eigenvalue weighted by molar-refractivity contribution is -0.142. The molecule has 7 nitrogen and oxygen atoms in total. The molecule has 1 saturated heterocycles. The average molecular weight is 593 g/mol. The van der Waals surface area contributed by atoms with Crippen molar-refractivity contribution in [2.45, 2.75) is 32.5 Å². The number of piperidine rings is 1. The van der Waals surface area contributed by atoms with E-state index in [1.54, 1.807) is 13.1 Å². The lowest BCUT2D eigenvalue weighted by Gasteiger charge is -2.36. The number of nitrogens with zero attached hydrogens (tertiary/aromatic N) is 2. The van der Waals surface area contributed by atoms with Gasteiger partial charge in [-0.1, -0.05) is 30.1 Å². The van der Waals surface area contributed by atoms with Crippen LogP contribution >= 0.6 is 23.2 Å².